The summed E-state index contributed by atoms with van der Waals surface area (Å²) in [6, 6.07) is 13.9. The van der Waals surface area contributed by atoms with Crippen molar-refractivity contribution in [2.45, 2.75) is 39.8 Å². The van der Waals surface area contributed by atoms with Gasteiger partial charge in [-0.3, -0.25) is 9.59 Å². The lowest BCUT2D eigenvalue weighted by atomic mass is 10.1. The molecule has 2 aromatic carbocycles. The molecular weight excluding hydrogens is 316 g/mol. The second-order valence-corrected chi connectivity index (χ2v) is 6.32. The van der Waals surface area contributed by atoms with E-state index in [2.05, 4.69) is 10.6 Å². The van der Waals surface area contributed by atoms with E-state index in [-0.39, 0.29) is 24.0 Å². The summed E-state index contributed by atoms with van der Waals surface area (Å²) in [6.07, 6.45) is 0.0750. The van der Waals surface area contributed by atoms with Gasteiger partial charge in [0.15, 0.2) is 0 Å². The van der Waals surface area contributed by atoms with Crippen molar-refractivity contribution in [2.75, 3.05) is 5.32 Å². The monoisotopic (exact) mass is 340 g/mol. The van der Waals surface area contributed by atoms with Crippen molar-refractivity contribution in [1.82, 2.24) is 5.32 Å². The minimum absolute atomic E-state index is 0.0183. The van der Waals surface area contributed by atoms with Crippen LogP contribution in [-0.2, 0) is 0 Å². The lowest BCUT2D eigenvalue weighted by Crippen LogP contribution is -2.31. The number of carbonyl (C=O) groups excluding carboxylic acids is 2. The van der Waals surface area contributed by atoms with Crippen LogP contribution in [0, 0.1) is 0 Å². The van der Waals surface area contributed by atoms with E-state index in [1.54, 1.807) is 48.5 Å². The topological polar surface area (TPSA) is 67.4 Å². The van der Waals surface area contributed by atoms with Crippen LogP contribution >= 0.6 is 0 Å². The highest BCUT2D eigenvalue weighted by Gasteiger charge is 2.14. The summed E-state index contributed by atoms with van der Waals surface area (Å²) in [5.74, 6) is 0.218. The van der Waals surface area contributed by atoms with Gasteiger partial charge < -0.3 is 15.4 Å². The number of carbonyl (C=O) groups is 2. The molecule has 0 fully saturated rings. The average molecular weight is 340 g/mol. The first-order chi connectivity index (χ1) is 11.9. The maximum Gasteiger partial charge on any atom is 0.255 e. The predicted molar refractivity (Wildman–Crippen MR) is 99.2 cm³/mol. The van der Waals surface area contributed by atoms with Gasteiger partial charge in [0, 0.05) is 11.6 Å². The Kier molecular flexibility index (Phi) is 6.17. The first kappa shape index (κ1) is 18.5. The molecule has 0 unspecified atom stereocenters. The quantitative estimate of drug-likeness (QED) is 0.839. The molecule has 0 atom stereocenters. The first-order valence-corrected chi connectivity index (χ1v) is 8.34. The molecule has 2 aromatic rings. The molecule has 2 N–H and O–H groups in total. The molecule has 0 aromatic heterocycles. The Balaban J connectivity index is 2.14. The highest BCUT2D eigenvalue weighted by Crippen LogP contribution is 2.18. The molecule has 2 amide bonds. The summed E-state index contributed by atoms with van der Waals surface area (Å²) < 4.78 is 5.57. The highest BCUT2D eigenvalue weighted by atomic mass is 16.5. The molecule has 0 aliphatic rings. The third kappa shape index (κ3) is 5.35. The van der Waals surface area contributed by atoms with Crippen molar-refractivity contribution in [3.8, 4) is 5.75 Å². The lowest BCUT2D eigenvalue weighted by molar-refractivity contribution is 0.0944. The summed E-state index contributed by atoms with van der Waals surface area (Å²) in [6.45, 7) is 7.67. The predicted octanol–water partition coefficient (Wildman–Crippen LogP) is 3.86. The molecule has 0 spiro atoms. The second-order valence-electron chi connectivity index (χ2n) is 6.32. The van der Waals surface area contributed by atoms with Crippen LogP contribution in [0.4, 0.5) is 5.69 Å². The zero-order valence-corrected chi connectivity index (χ0v) is 15.0. The molecule has 0 aliphatic heterocycles. The third-order valence-electron chi connectivity index (χ3n) is 3.33. The smallest absolute Gasteiger partial charge is 0.255 e. The fourth-order valence-corrected chi connectivity index (χ4v) is 2.28. The van der Waals surface area contributed by atoms with Gasteiger partial charge >= 0.3 is 0 Å². The van der Waals surface area contributed by atoms with E-state index in [1.165, 1.54) is 0 Å². The van der Waals surface area contributed by atoms with Gasteiger partial charge in [-0.2, -0.15) is 0 Å². The Morgan fingerprint density at radius 2 is 1.52 bits per heavy atom. The number of nitrogens with one attached hydrogen (secondary N) is 2. The molecule has 5 nitrogen and oxygen atoms in total. The maximum absolute atomic E-state index is 12.5. The first-order valence-electron chi connectivity index (χ1n) is 8.34. The zero-order valence-electron chi connectivity index (χ0n) is 15.0. The van der Waals surface area contributed by atoms with Crippen molar-refractivity contribution in [1.29, 1.82) is 0 Å². The summed E-state index contributed by atoms with van der Waals surface area (Å²) in [5.41, 5.74) is 1.41. The maximum atomic E-state index is 12.5. The Labute approximate surface area is 148 Å². The van der Waals surface area contributed by atoms with Crippen molar-refractivity contribution >= 4 is 17.5 Å². The molecule has 5 heteroatoms. The van der Waals surface area contributed by atoms with Crippen molar-refractivity contribution < 1.29 is 14.3 Å². The molecule has 132 valence electrons. The van der Waals surface area contributed by atoms with E-state index in [4.69, 9.17) is 4.74 Å². The number of hydrogen-bond donors (Lipinski definition) is 2. The highest BCUT2D eigenvalue weighted by molar-refractivity contribution is 6.09. The van der Waals surface area contributed by atoms with Gasteiger partial charge in [0.2, 0.25) is 0 Å². The van der Waals surface area contributed by atoms with Gasteiger partial charge in [0.25, 0.3) is 11.8 Å². The molecule has 2 rings (SSSR count). The van der Waals surface area contributed by atoms with Crippen LogP contribution < -0.4 is 15.4 Å². The standard InChI is InChI=1S/C20H24N2O3/c1-13(2)21-20(24)17-7-5-6-8-18(17)22-19(23)15-9-11-16(12-10-15)25-14(3)4/h5-14H,1-4H3,(H,21,24)(H,22,23). The summed E-state index contributed by atoms with van der Waals surface area (Å²) in [4.78, 5) is 24.7. The fraction of sp³-hybridized carbons (Fsp3) is 0.300. The van der Waals surface area contributed by atoms with E-state index in [0.717, 1.165) is 0 Å². The number of para-hydroxylation sites is 1. The number of anilines is 1. The lowest BCUT2D eigenvalue weighted by Gasteiger charge is -2.13. The van der Waals surface area contributed by atoms with E-state index < -0.39 is 0 Å². The van der Waals surface area contributed by atoms with Crippen molar-refractivity contribution in [3.05, 3.63) is 59.7 Å². The van der Waals surface area contributed by atoms with Gasteiger partial charge in [0.05, 0.1) is 17.4 Å². The van der Waals surface area contributed by atoms with Gasteiger partial charge in [-0.1, -0.05) is 12.1 Å². The molecule has 0 radical (unpaired) electrons. The Morgan fingerprint density at radius 1 is 0.880 bits per heavy atom. The van der Waals surface area contributed by atoms with E-state index in [1.807, 2.05) is 27.7 Å². The second kappa shape index (κ2) is 8.33. The summed E-state index contributed by atoms with van der Waals surface area (Å²) >= 11 is 0. The van der Waals surface area contributed by atoms with Crippen molar-refractivity contribution in [3.63, 3.8) is 0 Å². The third-order valence-corrected chi connectivity index (χ3v) is 3.33. The van der Waals surface area contributed by atoms with Crippen LogP contribution in [0.2, 0.25) is 0 Å². The minimum atomic E-state index is -0.277. The van der Waals surface area contributed by atoms with Crippen LogP contribution in [0.25, 0.3) is 0 Å². The Morgan fingerprint density at radius 3 is 2.12 bits per heavy atom. The molecule has 0 aliphatic carbocycles. The minimum Gasteiger partial charge on any atom is -0.491 e. The van der Waals surface area contributed by atoms with Crippen LogP contribution in [0.1, 0.15) is 48.4 Å². The van der Waals surface area contributed by atoms with E-state index in [0.29, 0.717) is 22.6 Å². The normalized spacial score (nSPS) is 10.6. The average Bonchev–Trinajstić information content (AvgIpc) is 2.54. The molecular formula is C20H24N2O3. The largest absolute Gasteiger partial charge is 0.491 e. The van der Waals surface area contributed by atoms with Gasteiger partial charge in [-0.05, 0) is 64.1 Å². The number of hydrogen-bond acceptors (Lipinski definition) is 3. The van der Waals surface area contributed by atoms with Gasteiger partial charge in [-0.25, -0.2) is 0 Å². The SMILES string of the molecule is CC(C)NC(=O)c1ccccc1NC(=O)c1ccc(OC(C)C)cc1. The number of amides is 2. The number of ether oxygens (including phenoxy) is 1. The van der Waals surface area contributed by atoms with Crippen LogP contribution in [-0.4, -0.2) is 24.0 Å². The number of benzene rings is 2. The summed E-state index contributed by atoms with van der Waals surface area (Å²) in [5, 5.41) is 5.63. The van der Waals surface area contributed by atoms with Crippen LogP contribution in [0.5, 0.6) is 5.75 Å². The fourth-order valence-electron chi connectivity index (χ4n) is 2.28. The van der Waals surface area contributed by atoms with Crippen LogP contribution in [0.15, 0.2) is 48.5 Å². The molecule has 0 bridgehead atoms. The summed E-state index contributed by atoms with van der Waals surface area (Å²) in [7, 11) is 0. The molecule has 0 saturated carbocycles. The number of rotatable bonds is 6. The van der Waals surface area contributed by atoms with E-state index in [9.17, 15) is 9.59 Å². The van der Waals surface area contributed by atoms with Gasteiger partial charge in [-0.15, -0.1) is 0 Å². The Hall–Kier alpha value is -2.82. The molecule has 0 heterocycles. The molecule has 0 saturated heterocycles. The van der Waals surface area contributed by atoms with Crippen molar-refractivity contribution in [2.24, 2.45) is 0 Å². The van der Waals surface area contributed by atoms with Gasteiger partial charge in [0.1, 0.15) is 5.75 Å². The van der Waals surface area contributed by atoms with Crippen LogP contribution in [0.3, 0.4) is 0 Å². The Bertz CT molecular complexity index is 737. The molecule has 25 heavy (non-hydrogen) atoms. The van der Waals surface area contributed by atoms with E-state index >= 15 is 0 Å². The zero-order chi connectivity index (χ0) is 18.4.